The normalized spacial score (nSPS) is 12.2. The van der Waals surface area contributed by atoms with Gasteiger partial charge >= 0.3 is 5.97 Å². The van der Waals surface area contributed by atoms with Crippen LogP contribution in [-0.4, -0.2) is 32.9 Å². The van der Waals surface area contributed by atoms with Gasteiger partial charge in [0.1, 0.15) is 4.90 Å². The maximum absolute atomic E-state index is 14.2. The molecule has 20 heavy (non-hydrogen) atoms. The Hall–Kier alpha value is -1.63. The van der Waals surface area contributed by atoms with Crippen LogP contribution < -0.4 is 4.74 Å². The van der Waals surface area contributed by atoms with Crippen LogP contribution in [0.2, 0.25) is 0 Å². The minimum atomic E-state index is -3.71. The van der Waals surface area contributed by atoms with Crippen molar-refractivity contribution in [2.24, 2.45) is 5.41 Å². The van der Waals surface area contributed by atoms with Crippen molar-refractivity contribution in [1.82, 2.24) is 0 Å². The summed E-state index contributed by atoms with van der Waals surface area (Å²) < 4.78 is 41.9. The van der Waals surface area contributed by atoms with E-state index in [1.54, 1.807) is 0 Å². The zero-order valence-electron chi connectivity index (χ0n) is 11.7. The zero-order chi connectivity index (χ0) is 15.7. The van der Waals surface area contributed by atoms with Gasteiger partial charge in [-0.05, 0) is 31.9 Å². The summed E-state index contributed by atoms with van der Waals surface area (Å²) in [4.78, 5) is 10.6. The number of sulfone groups is 1. The Bertz CT molecular complexity index is 634. The molecule has 0 atom stereocenters. The van der Waals surface area contributed by atoms with Crippen LogP contribution in [0.15, 0.2) is 17.0 Å². The van der Waals surface area contributed by atoms with Crippen molar-refractivity contribution < 1.29 is 27.4 Å². The number of carboxylic acids is 1. The van der Waals surface area contributed by atoms with Crippen molar-refractivity contribution in [3.05, 3.63) is 23.5 Å². The summed E-state index contributed by atoms with van der Waals surface area (Å²) in [7, 11) is -2.50. The molecular weight excluding hydrogens is 287 g/mol. The molecule has 0 saturated carbocycles. The lowest BCUT2D eigenvalue weighted by Crippen LogP contribution is -2.26. The summed E-state index contributed by atoms with van der Waals surface area (Å²) in [6.45, 7) is 2.99. The van der Waals surface area contributed by atoms with E-state index in [-0.39, 0.29) is 12.2 Å². The SMILES string of the molecule is COc1c(CC(C)(C)C(=O)O)ccc(S(C)(=O)=O)c1F. The highest BCUT2D eigenvalue weighted by molar-refractivity contribution is 7.90. The van der Waals surface area contributed by atoms with E-state index in [0.717, 1.165) is 12.3 Å². The summed E-state index contributed by atoms with van der Waals surface area (Å²) in [5, 5.41) is 9.09. The molecule has 1 aromatic rings. The second-order valence-corrected chi connectivity index (χ2v) is 7.19. The fourth-order valence-corrected chi connectivity index (χ4v) is 2.51. The topological polar surface area (TPSA) is 80.7 Å². The van der Waals surface area contributed by atoms with Crippen molar-refractivity contribution in [2.75, 3.05) is 13.4 Å². The molecule has 5 nitrogen and oxygen atoms in total. The molecule has 0 saturated heterocycles. The number of hydrogen-bond acceptors (Lipinski definition) is 4. The average molecular weight is 304 g/mol. The highest BCUT2D eigenvalue weighted by atomic mass is 32.2. The van der Waals surface area contributed by atoms with Crippen molar-refractivity contribution >= 4 is 15.8 Å². The predicted octanol–water partition coefficient (Wildman–Crippen LogP) is 1.89. The number of aliphatic carboxylic acids is 1. The first-order valence-corrected chi connectivity index (χ1v) is 7.68. The Morgan fingerprint density at radius 3 is 2.35 bits per heavy atom. The van der Waals surface area contributed by atoms with Gasteiger partial charge in [0, 0.05) is 6.26 Å². The van der Waals surface area contributed by atoms with Gasteiger partial charge < -0.3 is 9.84 Å². The number of benzene rings is 1. The van der Waals surface area contributed by atoms with Crippen molar-refractivity contribution in [3.8, 4) is 5.75 Å². The van der Waals surface area contributed by atoms with E-state index in [1.807, 2.05) is 0 Å². The number of carboxylic acid groups (broad SMARTS) is 1. The fraction of sp³-hybridized carbons (Fsp3) is 0.462. The molecule has 0 fully saturated rings. The Morgan fingerprint density at radius 2 is 1.95 bits per heavy atom. The van der Waals surface area contributed by atoms with Crippen LogP contribution in [0.5, 0.6) is 5.75 Å². The van der Waals surface area contributed by atoms with E-state index in [0.29, 0.717) is 5.56 Å². The Kier molecular flexibility index (Phi) is 4.43. The third-order valence-electron chi connectivity index (χ3n) is 2.96. The standard InChI is InChI=1S/C13H17FO5S/c1-13(2,12(15)16)7-8-5-6-9(20(4,17)18)10(14)11(8)19-3/h5-6H,7H2,1-4H3,(H,15,16). The minimum absolute atomic E-state index is 0.0203. The van der Waals surface area contributed by atoms with Crippen LogP contribution in [-0.2, 0) is 21.1 Å². The summed E-state index contributed by atoms with van der Waals surface area (Å²) in [6.07, 6.45) is 0.915. The van der Waals surface area contributed by atoms with Crippen LogP contribution in [0.3, 0.4) is 0 Å². The van der Waals surface area contributed by atoms with E-state index >= 15 is 0 Å². The van der Waals surface area contributed by atoms with Gasteiger partial charge in [0.15, 0.2) is 21.4 Å². The van der Waals surface area contributed by atoms with Gasteiger partial charge in [0.05, 0.1) is 12.5 Å². The first-order valence-electron chi connectivity index (χ1n) is 5.79. The lowest BCUT2D eigenvalue weighted by Gasteiger charge is -2.21. The number of ether oxygens (including phenoxy) is 1. The lowest BCUT2D eigenvalue weighted by atomic mass is 9.85. The molecule has 0 aliphatic carbocycles. The molecule has 0 bridgehead atoms. The Morgan fingerprint density at radius 1 is 1.40 bits per heavy atom. The third kappa shape index (κ3) is 3.27. The van der Waals surface area contributed by atoms with Gasteiger partial charge in [0.25, 0.3) is 0 Å². The molecule has 0 heterocycles. The second-order valence-electron chi connectivity index (χ2n) is 5.21. The number of carbonyl (C=O) groups is 1. The van der Waals surface area contributed by atoms with Crippen LogP contribution in [0, 0.1) is 11.2 Å². The molecule has 0 unspecified atom stereocenters. The molecule has 1 rings (SSSR count). The van der Waals surface area contributed by atoms with Crippen LogP contribution in [0.4, 0.5) is 4.39 Å². The van der Waals surface area contributed by atoms with E-state index in [2.05, 4.69) is 0 Å². The van der Waals surface area contributed by atoms with Gasteiger partial charge in [-0.1, -0.05) is 6.07 Å². The Labute approximate surface area is 117 Å². The largest absolute Gasteiger partial charge is 0.493 e. The summed E-state index contributed by atoms with van der Waals surface area (Å²) in [5.41, 5.74) is -0.809. The summed E-state index contributed by atoms with van der Waals surface area (Å²) >= 11 is 0. The van der Waals surface area contributed by atoms with Crippen molar-refractivity contribution in [3.63, 3.8) is 0 Å². The molecular formula is C13H17FO5S. The van der Waals surface area contributed by atoms with Crippen molar-refractivity contribution in [2.45, 2.75) is 25.2 Å². The molecule has 1 aromatic carbocycles. The lowest BCUT2D eigenvalue weighted by molar-refractivity contribution is -0.146. The molecule has 0 aliphatic rings. The average Bonchev–Trinajstić information content (AvgIpc) is 2.26. The van der Waals surface area contributed by atoms with Crippen LogP contribution in [0.25, 0.3) is 0 Å². The smallest absolute Gasteiger partial charge is 0.309 e. The highest BCUT2D eigenvalue weighted by Gasteiger charge is 2.30. The summed E-state index contributed by atoms with van der Waals surface area (Å²) in [5.74, 6) is -2.26. The predicted molar refractivity (Wildman–Crippen MR) is 71.2 cm³/mol. The van der Waals surface area contributed by atoms with E-state index < -0.39 is 31.9 Å². The second kappa shape index (κ2) is 5.40. The molecule has 0 aromatic heterocycles. The molecule has 1 N–H and O–H groups in total. The molecule has 0 radical (unpaired) electrons. The molecule has 7 heteroatoms. The van der Waals surface area contributed by atoms with Gasteiger partial charge in [-0.3, -0.25) is 4.79 Å². The maximum atomic E-state index is 14.2. The Balaban J connectivity index is 3.39. The van der Waals surface area contributed by atoms with E-state index in [9.17, 15) is 17.6 Å². The zero-order valence-corrected chi connectivity index (χ0v) is 12.5. The first kappa shape index (κ1) is 16.4. The van der Waals surface area contributed by atoms with Gasteiger partial charge in [-0.2, -0.15) is 0 Å². The first-order chi connectivity index (χ1) is 9.00. The number of halogens is 1. The highest BCUT2D eigenvalue weighted by Crippen LogP contribution is 2.33. The minimum Gasteiger partial charge on any atom is -0.493 e. The van der Waals surface area contributed by atoms with Crippen LogP contribution >= 0.6 is 0 Å². The van der Waals surface area contributed by atoms with Gasteiger partial charge in [0.2, 0.25) is 0 Å². The molecule has 0 amide bonds. The van der Waals surface area contributed by atoms with Gasteiger partial charge in [-0.25, -0.2) is 12.8 Å². The molecule has 112 valence electrons. The fourth-order valence-electron chi connectivity index (χ4n) is 1.78. The quantitative estimate of drug-likeness (QED) is 0.898. The monoisotopic (exact) mass is 304 g/mol. The number of hydrogen-bond donors (Lipinski definition) is 1. The van der Waals surface area contributed by atoms with Crippen LogP contribution in [0.1, 0.15) is 19.4 Å². The molecule has 0 spiro atoms. The van der Waals surface area contributed by atoms with E-state index in [4.69, 9.17) is 9.84 Å². The number of rotatable bonds is 5. The summed E-state index contributed by atoms with van der Waals surface area (Å²) in [6, 6.07) is 2.50. The number of methoxy groups -OCH3 is 1. The molecule has 0 aliphatic heterocycles. The van der Waals surface area contributed by atoms with Crippen molar-refractivity contribution in [1.29, 1.82) is 0 Å². The van der Waals surface area contributed by atoms with E-state index in [1.165, 1.54) is 27.0 Å². The van der Waals surface area contributed by atoms with Gasteiger partial charge in [-0.15, -0.1) is 0 Å². The third-order valence-corrected chi connectivity index (χ3v) is 4.07. The maximum Gasteiger partial charge on any atom is 0.309 e.